The minimum atomic E-state index is -3.97. The molecule has 0 atom stereocenters. The first-order valence-corrected chi connectivity index (χ1v) is 13.6. The van der Waals surface area contributed by atoms with E-state index in [-0.39, 0.29) is 23.0 Å². The van der Waals surface area contributed by atoms with Crippen LogP contribution in [0.2, 0.25) is 0 Å². The summed E-state index contributed by atoms with van der Waals surface area (Å²) in [7, 11) is -7.19. The van der Waals surface area contributed by atoms with Gasteiger partial charge in [0.1, 0.15) is 5.65 Å². The van der Waals surface area contributed by atoms with E-state index in [1.165, 1.54) is 27.3 Å². The van der Waals surface area contributed by atoms with E-state index in [9.17, 15) is 21.6 Å². The first-order chi connectivity index (χ1) is 15.5. The van der Waals surface area contributed by atoms with Crippen molar-refractivity contribution in [2.75, 3.05) is 24.7 Å². The summed E-state index contributed by atoms with van der Waals surface area (Å²) in [5.41, 5.74) is 0.367. The van der Waals surface area contributed by atoms with E-state index < -0.39 is 20.0 Å². The number of nitrogens with two attached hydrogens (primary N) is 1. The zero-order chi connectivity index (χ0) is 23.8. The quantitative estimate of drug-likeness (QED) is 0.498. The van der Waals surface area contributed by atoms with Gasteiger partial charge in [-0.25, -0.2) is 31.3 Å². The van der Waals surface area contributed by atoms with Gasteiger partial charge < -0.3 is 5.32 Å². The Balaban J connectivity index is 1.64. The van der Waals surface area contributed by atoms with E-state index in [1.54, 1.807) is 30.5 Å². The Labute approximate surface area is 191 Å². The normalized spacial score (nSPS) is 16.2. The molecular weight excluding hydrogens is 468 g/mol. The highest BCUT2D eigenvalue weighted by Gasteiger charge is 2.25. The predicted octanol–water partition coefficient (Wildman–Crippen LogP) is 0.323. The van der Waals surface area contributed by atoms with Crippen LogP contribution in [0, 0.1) is 0 Å². The molecule has 4 rings (SSSR count). The van der Waals surface area contributed by atoms with Gasteiger partial charge in [-0.05, 0) is 30.5 Å². The Bertz CT molecular complexity index is 1460. The van der Waals surface area contributed by atoms with Crippen LogP contribution < -0.4 is 16.0 Å². The van der Waals surface area contributed by atoms with Crippen LogP contribution in [0.25, 0.3) is 11.0 Å². The van der Waals surface area contributed by atoms with Crippen LogP contribution in [0.5, 0.6) is 0 Å². The number of primary sulfonamides is 1. The maximum atomic E-state index is 12.7. The highest BCUT2D eigenvalue weighted by Crippen LogP contribution is 2.20. The molecule has 0 amide bonds. The van der Waals surface area contributed by atoms with Crippen LogP contribution in [0.15, 0.2) is 52.3 Å². The summed E-state index contributed by atoms with van der Waals surface area (Å²) in [5.74, 6) is 0.305. The highest BCUT2D eigenvalue weighted by atomic mass is 32.2. The van der Waals surface area contributed by atoms with Gasteiger partial charge >= 0.3 is 0 Å². The standard InChI is InChI=1S/C20H24N6O5S2/c1-32(28,29)25-10-8-16(9-11-25)23-20-22-12-14-6-7-18(27)26(19(14)24-20)13-15-4-2-3-5-17(15)33(21,30)31/h2-7,12,16H,8-11,13H2,1H3,(H2,21,30,31)(H,22,23,24). The van der Waals surface area contributed by atoms with Gasteiger partial charge in [0, 0.05) is 36.8 Å². The molecule has 1 fully saturated rings. The number of hydrogen-bond acceptors (Lipinski definition) is 8. The fourth-order valence-electron chi connectivity index (χ4n) is 3.89. The number of nitrogens with zero attached hydrogens (tertiary/aromatic N) is 4. The number of sulfonamides is 2. The topological polar surface area (TPSA) is 157 Å². The van der Waals surface area contributed by atoms with E-state index in [0.717, 1.165) is 0 Å². The molecule has 3 aromatic rings. The van der Waals surface area contributed by atoms with Gasteiger partial charge in [0.25, 0.3) is 5.56 Å². The largest absolute Gasteiger partial charge is 0.351 e. The monoisotopic (exact) mass is 492 g/mol. The number of pyridine rings is 1. The molecule has 2 aromatic heterocycles. The number of piperidine rings is 1. The smallest absolute Gasteiger partial charge is 0.252 e. The number of aromatic nitrogens is 3. The van der Waals surface area contributed by atoms with E-state index >= 15 is 0 Å². The molecule has 1 aromatic carbocycles. The average Bonchev–Trinajstić information content (AvgIpc) is 2.75. The average molecular weight is 493 g/mol. The van der Waals surface area contributed by atoms with Gasteiger partial charge in [0.05, 0.1) is 17.7 Å². The van der Waals surface area contributed by atoms with Gasteiger partial charge in [0.15, 0.2) is 0 Å². The minimum absolute atomic E-state index is 0.0209. The van der Waals surface area contributed by atoms with Crippen molar-refractivity contribution in [2.24, 2.45) is 5.14 Å². The summed E-state index contributed by atoms with van der Waals surface area (Å²) < 4.78 is 50.2. The molecule has 33 heavy (non-hydrogen) atoms. The van der Waals surface area contributed by atoms with Crippen molar-refractivity contribution in [3.63, 3.8) is 0 Å². The molecule has 3 heterocycles. The number of nitrogens with one attached hydrogen (secondary N) is 1. The van der Waals surface area contributed by atoms with Crippen molar-refractivity contribution >= 4 is 37.0 Å². The van der Waals surface area contributed by atoms with Crippen LogP contribution in [0.4, 0.5) is 5.95 Å². The molecule has 0 spiro atoms. The Kier molecular flexibility index (Phi) is 6.22. The molecule has 13 heteroatoms. The van der Waals surface area contributed by atoms with Gasteiger partial charge in [0.2, 0.25) is 26.0 Å². The summed E-state index contributed by atoms with van der Waals surface area (Å²) in [6.45, 7) is 0.768. The molecule has 0 radical (unpaired) electrons. The summed E-state index contributed by atoms with van der Waals surface area (Å²) in [5, 5.41) is 9.16. The fourth-order valence-corrected chi connectivity index (χ4v) is 5.53. The summed E-state index contributed by atoms with van der Waals surface area (Å²) >= 11 is 0. The van der Waals surface area contributed by atoms with Gasteiger partial charge in [-0.2, -0.15) is 4.98 Å². The van der Waals surface area contributed by atoms with Crippen LogP contribution in [0.1, 0.15) is 18.4 Å². The number of benzene rings is 1. The molecule has 0 saturated carbocycles. The van der Waals surface area contributed by atoms with Crippen LogP contribution in [0.3, 0.4) is 0 Å². The molecule has 1 aliphatic heterocycles. The second kappa shape index (κ2) is 8.82. The summed E-state index contributed by atoms with van der Waals surface area (Å²) in [6, 6.07) is 9.19. The van der Waals surface area contributed by atoms with Crippen LogP contribution >= 0.6 is 0 Å². The van der Waals surface area contributed by atoms with E-state index in [4.69, 9.17) is 5.14 Å². The van der Waals surface area contributed by atoms with Gasteiger partial charge in [-0.1, -0.05) is 18.2 Å². The Morgan fingerprint density at radius 3 is 2.45 bits per heavy atom. The predicted molar refractivity (Wildman–Crippen MR) is 124 cm³/mol. The number of hydrogen-bond donors (Lipinski definition) is 2. The Hall–Kier alpha value is -2.87. The Morgan fingerprint density at radius 2 is 1.79 bits per heavy atom. The molecule has 1 saturated heterocycles. The van der Waals surface area contributed by atoms with E-state index in [1.807, 2.05) is 0 Å². The van der Waals surface area contributed by atoms with Crippen molar-refractivity contribution in [1.82, 2.24) is 18.8 Å². The van der Waals surface area contributed by atoms with Crippen LogP contribution in [-0.4, -0.2) is 61.1 Å². The van der Waals surface area contributed by atoms with Crippen molar-refractivity contribution in [1.29, 1.82) is 0 Å². The van der Waals surface area contributed by atoms with Gasteiger partial charge in [-0.15, -0.1) is 0 Å². The van der Waals surface area contributed by atoms with Crippen molar-refractivity contribution in [3.05, 3.63) is 58.5 Å². The lowest BCUT2D eigenvalue weighted by Crippen LogP contribution is -2.42. The van der Waals surface area contributed by atoms with Crippen LogP contribution in [-0.2, 0) is 26.6 Å². The Morgan fingerprint density at radius 1 is 1.09 bits per heavy atom. The molecular formula is C20H24N6O5S2. The lowest BCUT2D eigenvalue weighted by atomic mass is 10.1. The van der Waals surface area contributed by atoms with E-state index in [2.05, 4.69) is 15.3 Å². The second-order valence-corrected chi connectivity index (χ2v) is 11.5. The van der Waals surface area contributed by atoms with Gasteiger partial charge in [-0.3, -0.25) is 9.36 Å². The van der Waals surface area contributed by atoms with E-state index in [0.29, 0.717) is 48.5 Å². The lowest BCUT2D eigenvalue weighted by molar-refractivity contribution is 0.331. The zero-order valence-corrected chi connectivity index (χ0v) is 19.5. The lowest BCUT2D eigenvalue weighted by Gasteiger charge is -2.30. The summed E-state index contributed by atoms with van der Waals surface area (Å²) in [6.07, 6.45) is 3.97. The minimum Gasteiger partial charge on any atom is -0.351 e. The third-order valence-corrected chi connectivity index (χ3v) is 7.90. The number of anilines is 1. The molecule has 176 valence electrons. The first kappa shape index (κ1) is 23.3. The molecule has 0 unspecified atom stereocenters. The number of rotatable bonds is 6. The molecule has 3 N–H and O–H groups in total. The van der Waals surface area contributed by atoms with Crippen molar-refractivity contribution in [2.45, 2.75) is 30.3 Å². The molecule has 0 aliphatic carbocycles. The first-order valence-electron chi connectivity index (χ1n) is 10.2. The highest BCUT2D eigenvalue weighted by molar-refractivity contribution is 7.89. The maximum absolute atomic E-state index is 12.7. The summed E-state index contributed by atoms with van der Waals surface area (Å²) in [4.78, 5) is 21.4. The van der Waals surface area contributed by atoms with Crippen molar-refractivity contribution in [3.8, 4) is 0 Å². The number of fused-ring (bicyclic) bond motifs is 1. The van der Waals surface area contributed by atoms with Crippen molar-refractivity contribution < 1.29 is 16.8 Å². The third kappa shape index (κ3) is 5.21. The third-order valence-electron chi connectivity index (χ3n) is 5.59. The SMILES string of the molecule is CS(=O)(=O)N1CCC(Nc2ncc3ccc(=O)n(Cc4ccccc4S(N)(=O)=O)c3n2)CC1. The zero-order valence-electron chi connectivity index (χ0n) is 17.9. The molecule has 0 bridgehead atoms. The molecule has 1 aliphatic rings. The molecule has 11 nitrogen and oxygen atoms in total. The maximum Gasteiger partial charge on any atom is 0.252 e. The fraction of sp³-hybridized carbons (Fsp3) is 0.350. The second-order valence-electron chi connectivity index (χ2n) is 7.96.